The Morgan fingerprint density at radius 3 is 2.18 bits per heavy atom. The smallest absolute Gasteiger partial charge is 0.210 e. The molecule has 0 radical (unpaired) electrons. The van der Waals surface area contributed by atoms with E-state index in [9.17, 15) is 8.42 Å². The van der Waals surface area contributed by atoms with Gasteiger partial charge in [0.05, 0.1) is 30.3 Å². The number of anilines is 1. The number of pyridine rings is 1. The summed E-state index contributed by atoms with van der Waals surface area (Å²) < 4.78 is 38.5. The Morgan fingerprint density at radius 1 is 0.909 bits per heavy atom. The number of methoxy groups -OCH3 is 2. The second-order valence-electron chi connectivity index (χ2n) is 8.21. The number of benzene rings is 2. The van der Waals surface area contributed by atoms with Crippen LogP contribution in [0.5, 0.6) is 11.5 Å². The van der Waals surface area contributed by atoms with E-state index in [0.29, 0.717) is 11.5 Å². The molecule has 0 amide bonds. The van der Waals surface area contributed by atoms with Crippen molar-refractivity contribution < 1.29 is 17.9 Å². The van der Waals surface area contributed by atoms with E-state index in [1.54, 1.807) is 12.1 Å². The van der Waals surface area contributed by atoms with Crippen molar-refractivity contribution in [3.8, 4) is 11.5 Å². The third-order valence-corrected chi connectivity index (χ3v) is 7.55. The van der Waals surface area contributed by atoms with E-state index in [-0.39, 0.29) is 9.79 Å². The first-order valence-electron chi connectivity index (χ1n) is 11.5. The van der Waals surface area contributed by atoms with E-state index in [2.05, 4.69) is 23.7 Å². The maximum absolute atomic E-state index is 13.9. The Kier molecular flexibility index (Phi) is 8.19. The first-order chi connectivity index (χ1) is 15.9. The zero-order valence-corrected chi connectivity index (χ0v) is 21.0. The monoisotopic (exact) mass is 470 g/mol. The second-order valence-corrected chi connectivity index (χ2v) is 10.1. The van der Waals surface area contributed by atoms with Crippen molar-refractivity contribution in [1.82, 2.24) is 4.98 Å². The fraction of sp³-hybridized carbons (Fsp3) is 0.423. The number of hydrogen-bond donors (Lipinski definition) is 0. The molecule has 0 saturated heterocycles. The highest BCUT2D eigenvalue weighted by atomic mass is 32.2. The van der Waals surface area contributed by atoms with Crippen LogP contribution in [0.3, 0.4) is 0 Å². The van der Waals surface area contributed by atoms with Gasteiger partial charge in [-0.05, 0) is 44.0 Å². The molecule has 0 spiro atoms. The minimum absolute atomic E-state index is 0.154. The van der Waals surface area contributed by atoms with Crippen molar-refractivity contribution in [2.24, 2.45) is 0 Å². The summed E-state index contributed by atoms with van der Waals surface area (Å²) in [5.41, 5.74) is 2.59. The largest absolute Gasteiger partial charge is 0.493 e. The third-order valence-electron chi connectivity index (χ3n) is 5.80. The van der Waals surface area contributed by atoms with Crippen LogP contribution in [0.4, 0.5) is 5.69 Å². The molecule has 178 valence electrons. The van der Waals surface area contributed by atoms with Crippen molar-refractivity contribution in [2.45, 2.75) is 56.2 Å². The van der Waals surface area contributed by atoms with Crippen LogP contribution in [0, 0.1) is 6.92 Å². The summed E-state index contributed by atoms with van der Waals surface area (Å²) in [7, 11) is -0.842. The first kappa shape index (κ1) is 24.8. The normalized spacial score (nSPS) is 11.5. The number of sulfone groups is 1. The van der Waals surface area contributed by atoms with Gasteiger partial charge in [-0.25, -0.2) is 8.42 Å². The van der Waals surface area contributed by atoms with E-state index in [1.807, 2.05) is 25.1 Å². The topological polar surface area (TPSA) is 68.7 Å². The average Bonchev–Trinajstić information content (AvgIpc) is 2.83. The van der Waals surface area contributed by atoms with E-state index >= 15 is 0 Å². The van der Waals surface area contributed by atoms with Gasteiger partial charge in [-0.3, -0.25) is 4.98 Å². The lowest BCUT2D eigenvalue weighted by molar-refractivity contribution is 0.354. The summed E-state index contributed by atoms with van der Waals surface area (Å²) in [4.78, 5) is 7.13. The molecule has 3 aromatic rings. The van der Waals surface area contributed by atoms with Crippen molar-refractivity contribution in [3.63, 3.8) is 0 Å². The number of aryl methyl sites for hydroxylation is 1. The minimum Gasteiger partial charge on any atom is -0.493 e. The van der Waals surface area contributed by atoms with Gasteiger partial charge in [-0.1, -0.05) is 38.3 Å². The second kappa shape index (κ2) is 10.9. The maximum atomic E-state index is 13.9. The summed E-state index contributed by atoms with van der Waals surface area (Å²) >= 11 is 0. The Hall–Kier alpha value is -2.80. The van der Waals surface area contributed by atoms with Crippen LogP contribution in [0.1, 0.15) is 45.1 Å². The molecule has 3 rings (SSSR count). The van der Waals surface area contributed by atoms with Gasteiger partial charge in [0, 0.05) is 30.7 Å². The van der Waals surface area contributed by atoms with Crippen LogP contribution >= 0.6 is 0 Å². The van der Waals surface area contributed by atoms with Gasteiger partial charge in [-0.2, -0.15) is 0 Å². The Bertz CT molecular complexity index is 1200. The fourth-order valence-electron chi connectivity index (χ4n) is 3.94. The van der Waals surface area contributed by atoms with Gasteiger partial charge in [0.2, 0.25) is 9.84 Å². The molecule has 0 aliphatic rings. The summed E-state index contributed by atoms with van der Waals surface area (Å²) in [6, 6.07) is 10.7. The fourth-order valence-corrected chi connectivity index (χ4v) is 5.39. The number of hydrogen-bond acceptors (Lipinski definition) is 6. The summed E-state index contributed by atoms with van der Waals surface area (Å²) in [5.74, 6) is 0.856. The van der Waals surface area contributed by atoms with Gasteiger partial charge in [-0.15, -0.1) is 0 Å². The van der Waals surface area contributed by atoms with Gasteiger partial charge in [0.15, 0.2) is 11.5 Å². The van der Waals surface area contributed by atoms with Crippen LogP contribution in [-0.2, 0) is 9.84 Å². The lowest BCUT2D eigenvalue weighted by atomic mass is 10.1. The molecule has 0 N–H and O–H groups in total. The maximum Gasteiger partial charge on any atom is 0.210 e. The molecule has 6 nitrogen and oxygen atoms in total. The zero-order valence-electron chi connectivity index (χ0n) is 20.2. The molecule has 0 fully saturated rings. The number of ether oxygens (including phenoxy) is 2. The molecule has 0 unspecified atom stereocenters. The molecule has 1 aromatic heterocycles. The van der Waals surface area contributed by atoms with Crippen molar-refractivity contribution in [1.29, 1.82) is 0 Å². The quantitative estimate of drug-likeness (QED) is 0.353. The number of nitrogens with zero attached hydrogens (tertiary/aromatic N) is 2. The molecule has 0 bridgehead atoms. The molecule has 0 atom stereocenters. The van der Waals surface area contributed by atoms with Crippen molar-refractivity contribution in [3.05, 3.63) is 48.2 Å². The Labute approximate surface area is 197 Å². The first-order valence-corrected chi connectivity index (χ1v) is 13.0. The Morgan fingerprint density at radius 2 is 1.58 bits per heavy atom. The van der Waals surface area contributed by atoms with Gasteiger partial charge >= 0.3 is 0 Å². The molecular weight excluding hydrogens is 436 g/mol. The third kappa shape index (κ3) is 5.24. The van der Waals surface area contributed by atoms with Crippen molar-refractivity contribution >= 4 is 26.4 Å². The minimum atomic E-state index is -3.87. The van der Waals surface area contributed by atoms with Crippen LogP contribution in [0.15, 0.2) is 52.4 Å². The van der Waals surface area contributed by atoms with Crippen LogP contribution in [0.2, 0.25) is 0 Å². The van der Waals surface area contributed by atoms with Gasteiger partial charge < -0.3 is 14.4 Å². The van der Waals surface area contributed by atoms with E-state index < -0.39 is 9.84 Å². The molecule has 0 saturated carbocycles. The number of rotatable bonds is 11. The van der Waals surface area contributed by atoms with Gasteiger partial charge in [0.1, 0.15) is 4.90 Å². The van der Waals surface area contributed by atoms with E-state index in [4.69, 9.17) is 9.47 Å². The molecule has 33 heavy (non-hydrogen) atoms. The molecule has 7 heteroatoms. The van der Waals surface area contributed by atoms with E-state index in [0.717, 1.165) is 60.9 Å². The Balaban J connectivity index is 2.28. The molecule has 2 aromatic carbocycles. The molecular formula is C26H34N2O4S. The number of aromatic nitrogens is 1. The highest BCUT2D eigenvalue weighted by molar-refractivity contribution is 7.91. The number of unbranched alkanes of at least 4 members (excludes halogenated alkanes) is 2. The average molecular weight is 471 g/mol. The molecule has 0 aliphatic heterocycles. The van der Waals surface area contributed by atoms with Crippen molar-refractivity contribution in [2.75, 3.05) is 32.2 Å². The van der Waals surface area contributed by atoms with Crippen LogP contribution in [-0.4, -0.2) is 40.7 Å². The lowest BCUT2D eigenvalue weighted by Crippen LogP contribution is -2.28. The van der Waals surface area contributed by atoms with Gasteiger partial charge in [0.25, 0.3) is 0 Å². The standard InChI is InChI=1S/C26H34N2O4S/c1-6-8-14-28(15-9-7-2)26-21-16-19(3)10-12-22(21)27-18-25(26)33(29,30)20-11-13-23(31-4)24(17-20)32-5/h10-13,16-18H,6-9,14-15H2,1-5H3. The number of fused-ring (bicyclic) bond motifs is 1. The zero-order chi connectivity index (χ0) is 24.0. The molecule has 0 aliphatic carbocycles. The van der Waals surface area contributed by atoms with E-state index in [1.165, 1.54) is 26.5 Å². The summed E-state index contributed by atoms with van der Waals surface area (Å²) in [5, 5.41) is 0.865. The van der Waals surface area contributed by atoms with Crippen LogP contribution < -0.4 is 14.4 Å². The summed E-state index contributed by atoms with van der Waals surface area (Å²) in [6.07, 6.45) is 5.53. The van der Waals surface area contributed by atoms with Crippen LogP contribution in [0.25, 0.3) is 10.9 Å². The molecule has 1 heterocycles. The highest BCUT2D eigenvalue weighted by Gasteiger charge is 2.28. The summed E-state index contributed by atoms with van der Waals surface area (Å²) in [6.45, 7) is 7.89. The highest BCUT2D eigenvalue weighted by Crippen LogP contribution is 2.38. The predicted octanol–water partition coefficient (Wildman–Crippen LogP) is 5.80. The SMILES string of the molecule is CCCCN(CCCC)c1c(S(=O)(=O)c2ccc(OC)c(OC)c2)cnc2ccc(C)cc12. The lowest BCUT2D eigenvalue weighted by Gasteiger charge is -2.28. The predicted molar refractivity (Wildman–Crippen MR) is 134 cm³/mol.